The monoisotopic (exact) mass is 820 g/mol. The number of rotatable bonds is 16. The van der Waals surface area contributed by atoms with Crippen molar-refractivity contribution >= 4 is 40.2 Å². The van der Waals surface area contributed by atoms with Crippen molar-refractivity contribution in [3.05, 3.63) is 160 Å². The van der Waals surface area contributed by atoms with Crippen LogP contribution in [0, 0.1) is 0 Å². The number of fused-ring (bicyclic) bond motifs is 1. The SMILES string of the molecule is CN(C(=O)CCN1CCC(OC(=O)Nc2ccccc2-c2ccccc2)CC1)c1cccc(C(=O)NCc2ccc(CCNCCc3ccc(O)c4[nH]c(=O)ccc34)cc2)c1. The standard InChI is InChI=1S/C49H52N6O6/c1-54(46(58)26-31-55-29-24-40(25-30-55)61-49(60)52-43-13-6-5-12-41(43)36-8-3-2-4-9-36)39-11-7-10-38(32-39)48(59)51-33-35-16-14-34(15-17-35)22-27-50-28-23-37-18-20-44(56)47-42(37)19-21-45(57)53-47/h2-21,32,40,50,56H,22-31,33H2,1H3,(H,51,59)(H,52,60)(H,53,57). The Labute approximate surface area is 355 Å². The fraction of sp³-hybridized carbons (Fsp3) is 0.265. The molecule has 1 fully saturated rings. The molecule has 0 radical (unpaired) electrons. The summed E-state index contributed by atoms with van der Waals surface area (Å²) in [5.74, 6) is -0.205. The van der Waals surface area contributed by atoms with Gasteiger partial charge >= 0.3 is 6.09 Å². The molecule has 314 valence electrons. The first kappa shape index (κ1) is 42.4. The molecule has 61 heavy (non-hydrogen) atoms. The van der Waals surface area contributed by atoms with E-state index in [2.05, 4.69) is 38.0 Å². The number of carbonyl (C=O) groups excluding carboxylic acids is 3. The van der Waals surface area contributed by atoms with Gasteiger partial charge in [-0.15, -0.1) is 0 Å². The number of nitrogens with zero attached hydrogens (tertiary/aromatic N) is 2. The Morgan fingerprint density at radius 1 is 0.820 bits per heavy atom. The molecule has 5 aromatic carbocycles. The summed E-state index contributed by atoms with van der Waals surface area (Å²) in [7, 11) is 1.73. The van der Waals surface area contributed by atoms with Crippen molar-refractivity contribution in [1.29, 1.82) is 0 Å². The molecular formula is C49H52N6O6. The summed E-state index contributed by atoms with van der Waals surface area (Å²) in [6, 6.07) is 39.5. The van der Waals surface area contributed by atoms with E-state index in [4.69, 9.17) is 4.74 Å². The topological polar surface area (TPSA) is 156 Å². The number of anilines is 2. The number of aromatic nitrogens is 1. The van der Waals surface area contributed by atoms with E-state index in [1.54, 1.807) is 42.3 Å². The number of pyridine rings is 1. The van der Waals surface area contributed by atoms with E-state index in [1.807, 2.05) is 78.9 Å². The number of H-pyrrole nitrogens is 1. The van der Waals surface area contributed by atoms with Crippen LogP contribution in [-0.2, 0) is 28.9 Å². The Morgan fingerprint density at radius 2 is 1.56 bits per heavy atom. The van der Waals surface area contributed by atoms with Crippen LogP contribution in [0.15, 0.2) is 132 Å². The van der Waals surface area contributed by atoms with Gasteiger partial charge in [-0.25, -0.2) is 4.79 Å². The lowest BCUT2D eigenvalue weighted by molar-refractivity contribution is -0.118. The average molecular weight is 821 g/mol. The van der Waals surface area contributed by atoms with Crippen molar-refractivity contribution in [2.75, 3.05) is 50.0 Å². The van der Waals surface area contributed by atoms with Crippen LogP contribution in [0.3, 0.4) is 0 Å². The zero-order chi connectivity index (χ0) is 42.6. The van der Waals surface area contributed by atoms with E-state index in [9.17, 15) is 24.3 Å². The fourth-order valence-electron chi connectivity index (χ4n) is 7.63. The van der Waals surface area contributed by atoms with Gasteiger partial charge in [-0.2, -0.15) is 0 Å². The summed E-state index contributed by atoms with van der Waals surface area (Å²) < 4.78 is 5.78. The van der Waals surface area contributed by atoms with Crippen LogP contribution in [0.2, 0.25) is 0 Å². The second-order valence-electron chi connectivity index (χ2n) is 15.3. The molecule has 2 heterocycles. The summed E-state index contributed by atoms with van der Waals surface area (Å²) in [4.78, 5) is 57.4. The number of benzene rings is 5. The van der Waals surface area contributed by atoms with Gasteiger partial charge in [-0.05, 0) is 97.4 Å². The van der Waals surface area contributed by atoms with E-state index in [1.165, 1.54) is 11.6 Å². The minimum atomic E-state index is -0.471. The van der Waals surface area contributed by atoms with Crippen molar-refractivity contribution in [2.24, 2.45) is 0 Å². The van der Waals surface area contributed by atoms with E-state index in [-0.39, 0.29) is 29.2 Å². The summed E-state index contributed by atoms with van der Waals surface area (Å²) in [6.07, 6.45) is 2.62. The van der Waals surface area contributed by atoms with Gasteiger partial charge in [0.05, 0.1) is 11.2 Å². The predicted octanol–water partition coefficient (Wildman–Crippen LogP) is 7.27. The number of phenolic OH excluding ortho intramolecular Hbond substituents is 1. The van der Waals surface area contributed by atoms with Crippen molar-refractivity contribution in [1.82, 2.24) is 20.5 Å². The highest BCUT2D eigenvalue weighted by atomic mass is 16.6. The van der Waals surface area contributed by atoms with Gasteiger partial charge in [-0.1, -0.05) is 84.9 Å². The number of nitrogens with one attached hydrogen (secondary N) is 4. The maximum Gasteiger partial charge on any atom is 0.411 e. The molecule has 0 unspecified atom stereocenters. The lowest BCUT2D eigenvalue weighted by Crippen LogP contribution is -2.40. The number of carbonyl (C=O) groups is 3. The first-order valence-corrected chi connectivity index (χ1v) is 20.8. The van der Waals surface area contributed by atoms with E-state index < -0.39 is 6.09 Å². The van der Waals surface area contributed by atoms with Gasteiger partial charge in [0, 0.05) is 67.9 Å². The smallest absolute Gasteiger partial charge is 0.411 e. The molecule has 7 rings (SSSR count). The number of piperidine rings is 1. The summed E-state index contributed by atoms with van der Waals surface area (Å²) in [6.45, 7) is 3.94. The Balaban J connectivity index is 0.792. The zero-order valence-corrected chi connectivity index (χ0v) is 34.4. The maximum atomic E-state index is 13.2. The highest BCUT2D eigenvalue weighted by Gasteiger charge is 2.24. The number of hydrogen-bond acceptors (Lipinski definition) is 8. The zero-order valence-electron chi connectivity index (χ0n) is 34.4. The molecule has 1 aliphatic heterocycles. The molecule has 0 aliphatic carbocycles. The molecule has 0 saturated carbocycles. The van der Waals surface area contributed by atoms with E-state index in [0.717, 1.165) is 66.7 Å². The number of aromatic hydroxyl groups is 1. The van der Waals surface area contributed by atoms with Gasteiger partial charge in [0.15, 0.2) is 0 Å². The van der Waals surface area contributed by atoms with Gasteiger partial charge in [-0.3, -0.25) is 19.7 Å². The number of amides is 3. The number of hydrogen-bond donors (Lipinski definition) is 5. The molecule has 1 aliphatic rings. The Morgan fingerprint density at radius 3 is 2.36 bits per heavy atom. The summed E-state index contributed by atoms with van der Waals surface area (Å²) >= 11 is 0. The molecule has 0 spiro atoms. The Bertz CT molecular complexity index is 2500. The van der Waals surface area contributed by atoms with E-state index >= 15 is 0 Å². The quantitative estimate of drug-likeness (QED) is 0.0639. The van der Waals surface area contributed by atoms with Gasteiger partial charge in [0.25, 0.3) is 5.91 Å². The van der Waals surface area contributed by atoms with Crippen molar-refractivity contribution in [2.45, 2.75) is 44.8 Å². The van der Waals surface area contributed by atoms with Crippen molar-refractivity contribution < 1.29 is 24.2 Å². The number of likely N-dealkylation sites (tertiary alicyclic amines) is 1. The third-order valence-corrected chi connectivity index (χ3v) is 11.2. The highest BCUT2D eigenvalue weighted by Crippen LogP contribution is 2.28. The lowest BCUT2D eigenvalue weighted by atomic mass is 10.0. The van der Waals surface area contributed by atoms with Crippen LogP contribution < -0.4 is 26.4 Å². The van der Waals surface area contributed by atoms with Crippen LogP contribution in [0.4, 0.5) is 16.2 Å². The second-order valence-corrected chi connectivity index (χ2v) is 15.3. The lowest BCUT2D eigenvalue weighted by Gasteiger charge is -2.31. The van der Waals surface area contributed by atoms with Crippen LogP contribution in [-0.4, -0.2) is 78.8 Å². The average Bonchev–Trinajstić information content (AvgIpc) is 3.29. The minimum absolute atomic E-state index is 0.0488. The Kier molecular flexibility index (Phi) is 14.2. The van der Waals surface area contributed by atoms with Gasteiger partial charge < -0.3 is 35.3 Å². The van der Waals surface area contributed by atoms with Crippen molar-refractivity contribution in [3.8, 4) is 16.9 Å². The second kappa shape index (κ2) is 20.5. The highest BCUT2D eigenvalue weighted by molar-refractivity contribution is 5.98. The largest absolute Gasteiger partial charge is 0.506 e. The molecule has 12 nitrogen and oxygen atoms in total. The molecule has 3 amide bonds. The minimum Gasteiger partial charge on any atom is -0.506 e. The molecule has 12 heteroatoms. The first-order chi connectivity index (χ1) is 29.7. The van der Waals surface area contributed by atoms with Crippen LogP contribution in [0.5, 0.6) is 5.75 Å². The van der Waals surface area contributed by atoms with Crippen molar-refractivity contribution in [3.63, 3.8) is 0 Å². The number of phenols is 1. The van der Waals surface area contributed by atoms with Crippen LogP contribution in [0.1, 0.15) is 46.3 Å². The fourth-order valence-corrected chi connectivity index (χ4v) is 7.63. The number of para-hydroxylation sites is 1. The third-order valence-electron chi connectivity index (χ3n) is 11.2. The summed E-state index contributed by atoms with van der Waals surface area (Å²) in [5, 5.41) is 20.3. The maximum absolute atomic E-state index is 13.2. The molecule has 1 saturated heterocycles. The summed E-state index contributed by atoms with van der Waals surface area (Å²) in [5.41, 5.74) is 7.19. The molecule has 5 N–H and O–H groups in total. The molecule has 0 atom stereocenters. The van der Waals surface area contributed by atoms with Gasteiger partial charge in [0.1, 0.15) is 11.9 Å². The number of ether oxygens (including phenoxy) is 1. The normalized spacial score (nSPS) is 13.1. The molecule has 0 bridgehead atoms. The molecular weight excluding hydrogens is 769 g/mol. The third kappa shape index (κ3) is 11.5. The first-order valence-electron chi connectivity index (χ1n) is 20.8. The Hall–Kier alpha value is -6.76. The predicted molar refractivity (Wildman–Crippen MR) is 240 cm³/mol. The van der Waals surface area contributed by atoms with Crippen LogP contribution in [0.25, 0.3) is 22.0 Å². The van der Waals surface area contributed by atoms with E-state index in [0.29, 0.717) is 54.8 Å². The number of aromatic amines is 1. The molecule has 6 aromatic rings. The van der Waals surface area contributed by atoms with Crippen LogP contribution >= 0.6 is 0 Å². The molecule has 1 aromatic heterocycles. The van der Waals surface area contributed by atoms with Gasteiger partial charge in [0.2, 0.25) is 11.5 Å².